The average Bonchev–Trinajstić information content (AvgIpc) is 3.14. The molecule has 0 aromatic rings. The fraction of sp³-hybridized carbons (Fsp3) is 1.00. The number of rotatable bonds is 4. The minimum atomic E-state index is 0.0610. The molecule has 0 unspecified atom stereocenters. The quantitative estimate of drug-likeness (QED) is 0.788. The lowest BCUT2D eigenvalue weighted by atomic mass is 9.63. The van der Waals surface area contributed by atoms with Crippen LogP contribution in [0.15, 0.2) is 0 Å². The van der Waals surface area contributed by atoms with Crippen LogP contribution < -0.4 is 0 Å². The molecule has 2 saturated carbocycles. The first-order valence-corrected chi connectivity index (χ1v) is 9.56. The van der Waals surface area contributed by atoms with Crippen LogP contribution in [-0.4, -0.2) is 43.5 Å². The summed E-state index contributed by atoms with van der Waals surface area (Å²) in [6, 6.07) is 0. The molecule has 0 N–H and O–H groups in total. The fourth-order valence-electron chi connectivity index (χ4n) is 5.89. The Labute approximate surface area is 135 Å². The SMILES string of the molecule is CC1(C)C[C@@H]2CC[C@@]1(C[C@@H]1OC[C@H](CN3CCCCC3)O1)C2. The van der Waals surface area contributed by atoms with Gasteiger partial charge in [0.15, 0.2) is 6.29 Å². The molecule has 4 atom stereocenters. The van der Waals surface area contributed by atoms with Crippen LogP contribution in [0.5, 0.6) is 0 Å². The van der Waals surface area contributed by atoms with Gasteiger partial charge < -0.3 is 14.4 Å². The summed E-state index contributed by atoms with van der Waals surface area (Å²) in [7, 11) is 0. The highest BCUT2D eigenvalue weighted by atomic mass is 16.7. The van der Waals surface area contributed by atoms with Crippen molar-refractivity contribution in [3.05, 3.63) is 0 Å². The summed E-state index contributed by atoms with van der Waals surface area (Å²) in [6.07, 6.45) is 11.3. The molecule has 3 heteroatoms. The van der Waals surface area contributed by atoms with Gasteiger partial charge in [0, 0.05) is 13.0 Å². The standard InChI is InChI=1S/C19H33NO2/c1-18(2)10-15-6-7-19(18,11-15)12-17-21-14-16(22-17)13-20-8-4-3-5-9-20/h15-17H,3-14H2,1-2H3/t15-,16-,17+,19-/m0/s1. The molecule has 2 aliphatic carbocycles. The molecule has 22 heavy (non-hydrogen) atoms. The molecule has 0 spiro atoms. The first-order chi connectivity index (χ1) is 10.6. The Bertz CT molecular complexity index is 404. The number of fused-ring (bicyclic) bond motifs is 2. The van der Waals surface area contributed by atoms with Crippen molar-refractivity contribution in [2.24, 2.45) is 16.7 Å². The number of hydrogen-bond acceptors (Lipinski definition) is 3. The van der Waals surface area contributed by atoms with Crippen molar-refractivity contribution in [1.82, 2.24) is 4.90 Å². The minimum absolute atomic E-state index is 0.0610. The predicted octanol–water partition coefficient (Wildman–Crippen LogP) is 3.82. The second-order valence-corrected chi connectivity index (χ2v) is 9.06. The van der Waals surface area contributed by atoms with E-state index in [0.717, 1.165) is 25.5 Å². The zero-order chi connectivity index (χ0) is 15.2. The van der Waals surface area contributed by atoms with Crippen molar-refractivity contribution in [1.29, 1.82) is 0 Å². The molecule has 2 heterocycles. The molecule has 4 fully saturated rings. The van der Waals surface area contributed by atoms with Crippen molar-refractivity contribution >= 4 is 0 Å². The second kappa shape index (κ2) is 5.75. The van der Waals surface area contributed by atoms with Gasteiger partial charge in [-0.15, -0.1) is 0 Å². The number of nitrogens with zero attached hydrogens (tertiary/aromatic N) is 1. The van der Waals surface area contributed by atoms with E-state index in [1.165, 1.54) is 58.0 Å². The maximum absolute atomic E-state index is 6.30. The van der Waals surface area contributed by atoms with Gasteiger partial charge in [-0.05, 0) is 68.4 Å². The third kappa shape index (κ3) is 2.74. The zero-order valence-electron chi connectivity index (χ0n) is 14.5. The van der Waals surface area contributed by atoms with E-state index in [1.54, 1.807) is 0 Å². The largest absolute Gasteiger partial charge is 0.350 e. The van der Waals surface area contributed by atoms with Gasteiger partial charge >= 0.3 is 0 Å². The third-order valence-electron chi connectivity index (χ3n) is 7.23. The monoisotopic (exact) mass is 307 g/mol. The van der Waals surface area contributed by atoms with E-state index < -0.39 is 0 Å². The van der Waals surface area contributed by atoms with E-state index in [4.69, 9.17) is 9.47 Å². The van der Waals surface area contributed by atoms with Gasteiger partial charge in [0.1, 0.15) is 0 Å². The van der Waals surface area contributed by atoms with Gasteiger partial charge in [0.05, 0.1) is 12.7 Å². The Morgan fingerprint density at radius 1 is 1.09 bits per heavy atom. The molecule has 2 saturated heterocycles. The van der Waals surface area contributed by atoms with Crippen LogP contribution in [0.3, 0.4) is 0 Å². The molecule has 0 aromatic heterocycles. The van der Waals surface area contributed by atoms with Crippen molar-refractivity contribution in [2.45, 2.75) is 77.6 Å². The highest BCUT2D eigenvalue weighted by Crippen LogP contribution is 2.66. The maximum Gasteiger partial charge on any atom is 0.158 e. The van der Waals surface area contributed by atoms with Crippen molar-refractivity contribution in [3.63, 3.8) is 0 Å². The molecule has 2 aliphatic heterocycles. The van der Waals surface area contributed by atoms with Crippen LogP contribution in [0.4, 0.5) is 0 Å². The van der Waals surface area contributed by atoms with Gasteiger partial charge in [-0.2, -0.15) is 0 Å². The molecule has 4 rings (SSSR count). The summed E-state index contributed by atoms with van der Waals surface area (Å²) >= 11 is 0. The van der Waals surface area contributed by atoms with Crippen LogP contribution in [-0.2, 0) is 9.47 Å². The maximum atomic E-state index is 6.30. The molecular weight excluding hydrogens is 274 g/mol. The lowest BCUT2D eigenvalue weighted by molar-refractivity contribution is -0.105. The van der Waals surface area contributed by atoms with Gasteiger partial charge in [-0.3, -0.25) is 0 Å². The highest BCUT2D eigenvalue weighted by Gasteiger charge is 2.57. The zero-order valence-corrected chi connectivity index (χ0v) is 14.5. The Balaban J connectivity index is 1.31. The van der Waals surface area contributed by atoms with E-state index >= 15 is 0 Å². The minimum Gasteiger partial charge on any atom is -0.350 e. The summed E-state index contributed by atoms with van der Waals surface area (Å²) in [4.78, 5) is 2.57. The van der Waals surface area contributed by atoms with E-state index in [-0.39, 0.29) is 6.29 Å². The van der Waals surface area contributed by atoms with Crippen LogP contribution in [0.25, 0.3) is 0 Å². The van der Waals surface area contributed by atoms with E-state index in [1.807, 2.05) is 0 Å². The van der Waals surface area contributed by atoms with E-state index in [9.17, 15) is 0 Å². The Morgan fingerprint density at radius 2 is 1.91 bits per heavy atom. The van der Waals surface area contributed by atoms with Crippen LogP contribution in [0, 0.1) is 16.7 Å². The van der Waals surface area contributed by atoms with Gasteiger partial charge in [-0.25, -0.2) is 0 Å². The average molecular weight is 307 g/mol. The number of ether oxygens (including phenoxy) is 2. The lowest BCUT2D eigenvalue weighted by Gasteiger charge is -2.43. The molecule has 4 aliphatic rings. The fourth-order valence-corrected chi connectivity index (χ4v) is 5.89. The number of hydrogen-bond donors (Lipinski definition) is 0. The van der Waals surface area contributed by atoms with E-state index in [0.29, 0.717) is 16.9 Å². The summed E-state index contributed by atoms with van der Waals surface area (Å²) in [5.41, 5.74) is 0.968. The summed E-state index contributed by atoms with van der Waals surface area (Å²) in [5, 5.41) is 0. The molecule has 3 nitrogen and oxygen atoms in total. The molecule has 0 aromatic carbocycles. The Morgan fingerprint density at radius 3 is 2.59 bits per heavy atom. The van der Waals surface area contributed by atoms with Crippen LogP contribution >= 0.6 is 0 Å². The van der Waals surface area contributed by atoms with Crippen LogP contribution in [0.2, 0.25) is 0 Å². The van der Waals surface area contributed by atoms with E-state index in [2.05, 4.69) is 18.7 Å². The molecule has 126 valence electrons. The second-order valence-electron chi connectivity index (χ2n) is 9.06. The molecular formula is C19H33NO2. The predicted molar refractivity (Wildman–Crippen MR) is 87.7 cm³/mol. The van der Waals surface area contributed by atoms with Crippen molar-refractivity contribution < 1.29 is 9.47 Å². The summed E-state index contributed by atoms with van der Waals surface area (Å²) < 4.78 is 12.4. The van der Waals surface area contributed by atoms with Crippen molar-refractivity contribution in [2.75, 3.05) is 26.2 Å². The molecule has 0 radical (unpaired) electrons. The number of piperidine rings is 1. The third-order valence-corrected chi connectivity index (χ3v) is 7.23. The van der Waals surface area contributed by atoms with Gasteiger partial charge in [0.2, 0.25) is 0 Å². The van der Waals surface area contributed by atoms with Gasteiger partial charge in [-0.1, -0.05) is 20.3 Å². The Hall–Kier alpha value is -0.120. The lowest BCUT2D eigenvalue weighted by Crippen LogP contribution is -2.38. The first kappa shape index (κ1) is 15.4. The first-order valence-electron chi connectivity index (χ1n) is 9.56. The molecule has 2 bridgehead atoms. The van der Waals surface area contributed by atoms with Crippen molar-refractivity contribution in [3.8, 4) is 0 Å². The Kier molecular flexibility index (Phi) is 4.03. The smallest absolute Gasteiger partial charge is 0.158 e. The topological polar surface area (TPSA) is 21.7 Å². The van der Waals surface area contributed by atoms with Gasteiger partial charge in [0.25, 0.3) is 0 Å². The normalized spacial score (nSPS) is 44.7. The van der Waals surface area contributed by atoms with Crippen LogP contribution in [0.1, 0.15) is 65.2 Å². The highest BCUT2D eigenvalue weighted by molar-refractivity contribution is 5.06. The summed E-state index contributed by atoms with van der Waals surface area (Å²) in [6.45, 7) is 9.35. The number of likely N-dealkylation sites (tertiary alicyclic amines) is 1. The molecule has 0 amide bonds. The summed E-state index contributed by atoms with van der Waals surface area (Å²) in [5.74, 6) is 0.973.